The molecule has 0 radical (unpaired) electrons. The number of nitrogens with zero attached hydrogens (tertiary/aromatic N) is 1. The number of likely N-dealkylation sites (tertiary alicyclic amines) is 1. The molecule has 0 spiro atoms. The third kappa shape index (κ3) is 3.44. The first-order chi connectivity index (χ1) is 7.33. The predicted octanol–water partition coefficient (Wildman–Crippen LogP) is 2.66. The maximum atomic E-state index is 11.9. The van der Waals surface area contributed by atoms with Crippen molar-refractivity contribution in [1.29, 1.82) is 0 Å². The Bertz CT molecular complexity index is 298. The van der Waals surface area contributed by atoms with Gasteiger partial charge in [0.05, 0.1) is 6.04 Å². The van der Waals surface area contributed by atoms with E-state index in [-0.39, 0.29) is 12.1 Å². The Morgan fingerprint density at radius 2 is 2.06 bits per heavy atom. The normalized spacial score (nSPS) is 26.1. The minimum absolute atomic E-state index is 0.106. The molecule has 0 saturated carbocycles. The first kappa shape index (κ1) is 12.9. The molecule has 1 heterocycles. The van der Waals surface area contributed by atoms with Crippen LogP contribution in [0.15, 0.2) is 0 Å². The highest BCUT2D eigenvalue weighted by molar-refractivity contribution is 5.69. The molecule has 1 aliphatic rings. The van der Waals surface area contributed by atoms with E-state index in [1.807, 2.05) is 20.8 Å². The molecule has 90 valence electrons. The molecule has 2 atom stereocenters. The Morgan fingerprint density at radius 1 is 1.44 bits per heavy atom. The first-order valence-corrected chi connectivity index (χ1v) is 5.79. The van der Waals surface area contributed by atoms with Gasteiger partial charge in [-0.25, -0.2) is 4.79 Å². The Kier molecular flexibility index (Phi) is 3.85. The molecule has 1 fully saturated rings. The lowest BCUT2D eigenvalue weighted by molar-refractivity contribution is 0.0109. The summed E-state index contributed by atoms with van der Waals surface area (Å²) < 4.78 is 5.35. The lowest BCUT2D eigenvalue weighted by Gasteiger charge is -2.36. The average Bonchev–Trinajstić information content (AvgIpc) is 2.15. The highest BCUT2D eigenvalue weighted by atomic mass is 16.6. The molecule has 0 aromatic rings. The standard InChI is InChI=1S/C13H21NO2/c1-6-11-8-7-10(2)9-14(11)12(15)16-13(3,4)5/h1,10-11H,7-9H2,2-5H3. The molecule has 1 saturated heterocycles. The molecule has 0 bridgehead atoms. The number of hydrogen-bond donors (Lipinski definition) is 0. The van der Waals surface area contributed by atoms with E-state index in [0.717, 1.165) is 12.8 Å². The van der Waals surface area contributed by atoms with Crippen molar-refractivity contribution in [3.05, 3.63) is 0 Å². The van der Waals surface area contributed by atoms with Crippen LogP contribution in [0.4, 0.5) is 4.79 Å². The van der Waals surface area contributed by atoms with Gasteiger partial charge in [0.25, 0.3) is 0 Å². The maximum absolute atomic E-state index is 11.9. The fourth-order valence-electron chi connectivity index (χ4n) is 1.85. The summed E-state index contributed by atoms with van der Waals surface area (Å²) in [6.45, 7) is 8.42. The van der Waals surface area contributed by atoms with Crippen molar-refractivity contribution < 1.29 is 9.53 Å². The van der Waals surface area contributed by atoms with Crippen LogP contribution in [0.5, 0.6) is 0 Å². The average molecular weight is 223 g/mol. The Hall–Kier alpha value is -1.17. The summed E-state index contributed by atoms with van der Waals surface area (Å²) in [5.41, 5.74) is -0.461. The highest BCUT2D eigenvalue weighted by Crippen LogP contribution is 2.23. The van der Waals surface area contributed by atoms with Crippen molar-refractivity contribution >= 4 is 6.09 Å². The van der Waals surface area contributed by atoms with E-state index < -0.39 is 5.60 Å². The number of hydrogen-bond acceptors (Lipinski definition) is 2. The molecule has 1 aliphatic heterocycles. The van der Waals surface area contributed by atoms with Crippen molar-refractivity contribution in [2.24, 2.45) is 5.92 Å². The van der Waals surface area contributed by atoms with Gasteiger partial charge in [-0.05, 0) is 39.5 Å². The van der Waals surface area contributed by atoms with Crippen LogP contribution in [-0.4, -0.2) is 29.2 Å². The zero-order chi connectivity index (χ0) is 12.3. The van der Waals surface area contributed by atoms with Gasteiger partial charge in [0.2, 0.25) is 0 Å². The fourth-order valence-corrected chi connectivity index (χ4v) is 1.85. The first-order valence-electron chi connectivity index (χ1n) is 5.79. The second-order valence-electron chi connectivity index (χ2n) is 5.50. The van der Waals surface area contributed by atoms with Gasteiger partial charge in [0.1, 0.15) is 5.60 Å². The molecule has 0 aliphatic carbocycles. The smallest absolute Gasteiger partial charge is 0.411 e. The van der Waals surface area contributed by atoms with Crippen molar-refractivity contribution in [2.75, 3.05) is 6.54 Å². The van der Waals surface area contributed by atoms with Gasteiger partial charge in [-0.15, -0.1) is 6.42 Å². The molecule has 0 N–H and O–H groups in total. The molecular formula is C13H21NO2. The number of terminal acetylenes is 1. The van der Waals surface area contributed by atoms with Gasteiger partial charge in [0, 0.05) is 6.54 Å². The van der Waals surface area contributed by atoms with E-state index in [2.05, 4.69) is 12.8 Å². The summed E-state index contributed by atoms with van der Waals surface area (Å²) in [5.74, 6) is 3.16. The van der Waals surface area contributed by atoms with Crippen molar-refractivity contribution in [2.45, 2.75) is 52.2 Å². The molecule has 3 nitrogen and oxygen atoms in total. The molecule has 2 unspecified atom stereocenters. The maximum Gasteiger partial charge on any atom is 0.411 e. The predicted molar refractivity (Wildman–Crippen MR) is 64.0 cm³/mol. The van der Waals surface area contributed by atoms with Crippen LogP contribution in [0.1, 0.15) is 40.5 Å². The van der Waals surface area contributed by atoms with Crippen molar-refractivity contribution in [3.63, 3.8) is 0 Å². The van der Waals surface area contributed by atoms with Crippen molar-refractivity contribution in [1.82, 2.24) is 4.90 Å². The quantitative estimate of drug-likeness (QED) is 0.591. The minimum Gasteiger partial charge on any atom is -0.444 e. The van der Waals surface area contributed by atoms with E-state index in [0.29, 0.717) is 12.5 Å². The third-order valence-corrected chi connectivity index (χ3v) is 2.64. The molecule has 3 heteroatoms. The number of piperidine rings is 1. The number of rotatable bonds is 0. The summed E-state index contributed by atoms with van der Waals surface area (Å²) in [7, 11) is 0. The summed E-state index contributed by atoms with van der Waals surface area (Å²) >= 11 is 0. The van der Waals surface area contributed by atoms with Gasteiger partial charge in [-0.1, -0.05) is 12.8 Å². The molecular weight excluding hydrogens is 202 g/mol. The second kappa shape index (κ2) is 4.78. The molecule has 1 amide bonds. The van der Waals surface area contributed by atoms with Crippen LogP contribution in [0, 0.1) is 18.3 Å². The van der Waals surface area contributed by atoms with Gasteiger partial charge >= 0.3 is 6.09 Å². The van der Waals surface area contributed by atoms with Gasteiger partial charge in [-0.3, -0.25) is 4.90 Å². The van der Waals surface area contributed by atoms with Crippen LogP contribution in [-0.2, 0) is 4.74 Å². The lowest BCUT2D eigenvalue weighted by Crippen LogP contribution is -2.47. The van der Waals surface area contributed by atoms with Gasteiger partial charge in [-0.2, -0.15) is 0 Å². The van der Waals surface area contributed by atoms with Crippen molar-refractivity contribution in [3.8, 4) is 12.3 Å². The SMILES string of the molecule is C#CC1CCC(C)CN1C(=O)OC(C)(C)C. The minimum atomic E-state index is -0.461. The molecule has 16 heavy (non-hydrogen) atoms. The van der Waals surface area contributed by atoms with Crippen LogP contribution in [0.3, 0.4) is 0 Å². The van der Waals surface area contributed by atoms with E-state index in [4.69, 9.17) is 11.2 Å². The summed E-state index contributed by atoms with van der Waals surface area (Å²) in [4.78, 5) is 13.6. The number of carbonyl (C=O) groups excluding carboxylic acids is 1. The zero-order valence-electron chi connectivity index (χ0n) is 10.6. The summed E-state index contributed by atoms with van der Waals surface area (Å²) in [5, 5.41) is 0. The van der Waals surface area contributed by atoms with E-state index >= 15 is 0 Å². The van der Waals surface area contributed by atoms with Gasteiger partial charge < -0.3 is 4.74 Å². The monoisotopic (exact) mass is 223 g/mol. The molecule has 1 rings (SSSR count). The Labute approximate surface area is 98.1 Å². The number of ether oxygens (including phenoxy) is 1. The topological polar surface area (TPSA) is 29.5 Å². The van der Waals surface area contributed by atoms with E-state index in [1.54, 1.807) is 4.90 Å². The summed E-state index contributed by atoms with van der Waals surface area (Å²) in [6.07, 6.45) is 7.10. The van der Waals surface area contributed by atoms with Crippen LogP contribution in [0.2, 0.25) is 0 Å². The zero-order valence-corrected chi connectivity index (χ0v) is 10.6. The third-order valence-electron chi connectivity index (χ3n) is 2.64. The second-order valence-corrected chi connectivity index (χ2v) is 5.50. The number of amides is 1. The molecule has 0 aromatic heterocycles. The fraction of sp³-hybridized carbons (Fsp3) is 0.769. The van der Waals surface area contributed by atoms with Gasteiger partial charge in [0.15, 0.2) is 0 Å². The summed E-state index contributed by atoms with van der Waals surface area (Å²) in [6, 6.07) is -0.106. The Morgan fingerprint density at radius 3 is 2.56 bits per heavy atom. The van der Waals surface area contributed by atoms with Crippen LogP contribution < -0.4 is 0 Å². The number of carbonyl (C=O) groups is 1. The Balaban J connectivity index is 2.68. The highest BCUT2D eigenvalue weighted by Gasteiger charge is 2.31. The van der Waals surface area contributed by atoms with Crippen LogP contribution in [0.25, 0.3) is 0 Å². The lowest BCUT2D eigenvalue weighted by atomic mass is 9.95. The molecule has 0 aromatic carbocycles. The van der Waals surface area contributed by atoms with E-state index in [1.165, 1.54) is 0 Å². The largest absolute Gasteiger partial charge is 0.444 e. The van der Waals surface area contributed by atoms with E-state index in [9.17, 15) is 4.79 Å². The van der Waals surface area contributed by atoms with Crippen LogP contribution >= 0.6 is 0 Å².